The first-order chi connectivity index (χ1) is 9.99. The number of anilines is 1. The lowest BCUT2D eigenvalue weighted by Crippen LogP contribution is -2.22. The van der Waals surface area contributed by atoms with Crippen molar-refractivity contribution in [2.24, 2.45) is 0 Å². The van der Waals surface area contributed by atoms with E-state index in [0.717, 1.165) is 0 Å². The number of nitrogens with zero attached hydrogens (tertiary/aromatic N) is 1. The predicted molar refractivity (Wildman–Crippen MR) is 83.1 cm³/mol. The molecule has 1 unspecified atom stereocenters. The fraction of sp³-hybridized carbons (Fsp3) is 0.462. The van der Waals surface area contributed by atoms with Gasteiger partial charge in [-0.3, -0.25) is 19.1 Å². The van der Waals surface area contributed by atoms with Gasteiger partial charge in [0.15, 0.2) is 0 Å². The van der Waals surface area contributed by atoms with Crippen molar-refractivity contribution < 1.29 is 13.9 Å². The number of rotatable bonds is 8. The van der Waals surface area contributed by atoms with Crippen LogP contribution in [-0.2, 0) is 10.8 Å². The van der Waals surface area contributed by atoms with E-state index < -0.39 is 15.7 Å². The maximum Gasteiger partial charge on any atom is 0.293 e. The Kier molecular flexibility index (Phi) is 6.80. The zero-order chi connectivity index (χ0) is 15.8. The smallest absolute Gasteiger partial charge is 0.293 e. The molecule has 1 aromatic carbocycles. The molecule has 0 aliphatic carbocycles. The van der Waals surface area contributed by atoms with E-state index in [1.807, 2.05) is 6.92 Å². The highest BCUT2D eigenvalue weighted by atomic mass is 32.2. The van der Waals surface area contributed by atoms with Crippen molar-refractivity contribution in [3.05, 3.63) is 33.9 Å². The van der Waals surface area contributed by atoms with E-state index in [1.54, 1.807) is 6.92 Å². The number of hydrogen-bond acceptors (Lipinski definition) is 5. The Bertz CT molecular complexity index is 548. The molecule has 1 aromatic rings. The summed E-state index contributed by atoms with van der Waals surface area (Å²) in [6.07, 6.45) is 0. The Morgan fingerprint density at radius 1 is 1.38 bits per heavy atom. The molecule has 2 N–H and O–H groups in total. The van der Waals surface area contributed by atoms with E-state index in [4.69, 9.17) is 0 Å². The third kappa shape index (κ3) is 5.14. The van der Waals surface area contributed by atoms with Crippen LogP contribution in [0, 0.1) is 10.1 Å². The molecular formula is C13H19N3O4S. The average molecular weight is 313 g/mol. The Balaban J connectivity index is 2.87. The minimum absolute atomic E-state index is 0.166. The van der Waals surface area contributed by atoms with Crippen LogP contribution in [0.15, 0.2) is 18.2 Å². The monoisotopic (exact) mass is 313 g/mol. The second-order valence-electron chi connectivity index (χ2n) is 4.21. The summed E-state index contributed by atoms with van der Waals surface area (Å²) in [5, 5.41) is 16.6. The number of benzene rings is 1. The molecule has 0 saturated carbocycles. The van der Waals surface area contributed by atoms with E-state index in [-0.39, 0.29) is 17.2 Å². The van der Waals surface area contributed by atoms with Gasteiger partial charge in [0.05, 0.1) is 4.92 Å². The molecule has 0 aliphatic heterocycles. The van der Waals surface area contributed by atoms with Gasteiger partial charge in [0.25, 0.3) is 11.6 Å². The zero-order valence-corrected chi connectivity index (χ0v) is 12.9. The topological polar surface area (TPSA) is 101 Å². The number of amides is 1. The highest BCUT2D eigenvalue weighted by Crippen LogP contribution is 2.25. The lowest BCUT2D eigenvalue weighted by molar-refractivity contribution is -0.384. The van der Waals surface area contributed by atoms with Crippen LogP contribution in [0.5, 0.6) is 0 Å². The summed E-state index contributed by atoms with van der Waals surface area (Å²) in [5.41, 5.74) is 0.397. The van der Waals surface area contributed by atoms with Crippen molar-refractivity contribution in [3.63, 3.8) is 0 Å². The highest BCUT2D eigenvalue weighted by molar-refractivity contribution is 7.84. The second-order valence-corrected chi connectivity index (χ2v) is 6.07. The Hall–Kier alpha value is -1.96. The van der Waals surface area contributed by atoms with E-state index in [9.17, 15) is 19.1 Å². The van der Waals surface area contributed by atoms with Gasteiger partial charge >= 0.3 is 0 Å². The summed E-state index contributed by atoms with van der Waals surface area (Å²) in [5.74, 6) is 0.630. The summed E-state index contributed by atoms with van der Waals surface area (Å²) in [6.45, 7) is 4.42. The molecule has 0 spiro atoms. The van der Waals surface area contributed by atoms with Crippen molar-refractivity contribution in [1.29, 1.82) is 0 Å². The summed E-state index contributed by atoms with van der Waals surface area (Å²) >= 11 is 0. The molecule has 116 valence electrons. The fourth-order valence-corrected chi connectivity index (χ4v) is 2.30. The molecular weight excluding hydrogens is 294 g/mol. The van der Waals surface area contributed by atoms with E-state index in [1.165, 1.54) is 18.2 Å². The van der Waals surface area contributed by atoms with E-state index >= 15 is 0 Å². The second kappa shape index (κ2) is 8.35. The third-order valence-electron chi connectivity index (χ3n) is 2.76. The normalized spacial score (nSPS) is 11.7. The lowest BCUT2D eigenvalue weighted by atomic mass is 10.1. The Morgan fingerprint density at radius 3 is 2.67 bits per heavy atom. The molecule has 21 heavy (non-hydrogen) atoms. The van der Waals surface area contributed by atoms with Gasteiger partial charge in [0.1, 0.15) is 5.69 Å². The van der Waals surface area contributed by atoms with Crippen LogP contribution in [0.4, 0.5) is 11.4 Å². The third-order valence-corrected chi connectivity index (χ3v) is 4.06. The van der Waals surface area contributed by atoms with Crippen molar-refractivity contribution in [2.75, 3.05) is 29.9 Å². The summed E-state index contributed by atoms with van der Waals surface area (Å²) in [4.78, 5) is 22.2. The predicted octanol–water partition coefficient (Wildman–Crippen LogP) is 1.53. The van der Waals surface area contributed by atoms with Gasteiger partial charge in [-0.2, -0.15) is 0 Å². The molecule has 7 nitrogen and oxygen atoms in total. The van der Waals surface area contributed by atoms with E-state index in [2.05, 4.69) is 10.6 Å². The first kappa shape index (κ1) is 17.1. The summed E-state index contributed by atoms with van der Waals surface area (Å²) in [6, 6.07) is 4.26. The molecule has 0 aromatic heterocycles. The van der Waals surface area contributed by atoms with E-state index in [0.29, 0.717) is 30.3 Å². The molecule has 1 amide bonds. The van der Waals surface area contributed by atoms with Crippen molar-refractivity contribution in [3.8, 4) is 0 Å². The van der Waals surface area contributed by atoms with Crippen molar-refractivity contribution in [1.82, 2.24) is 5.32 Å². The number of carbonyl (C=O) groups excluding carboxylic acids is 1. The molecule has 0 bridgehead atoms. The Morgan fingerprint density at radius 2 is 2.10 bits per heavy atom. The number of hydrogen-bond donors (Lipinski definition) is 2. The molecule has 1 rings (SSSR count). The lowest BCUT2D eigenvalue weighted by Gasteiger charge is -2.08. The number of nitro groups is 1. The highest BCUT2D eigenvalue weighted by Gasteiger charge is 2.17. The molecule has 0 saturated heterocycles. The van der Waals surface area contributed by atoms with Crippen molar-refractivity contribution >= 4 is 28.1 Å². The largest absolute Gasteiger partial charge is 0.379 e. The molecule has 0 aliphatic rings. The number of carbonyl (C=O) groups is 1. The Labute approximate surface area is 125 Å². The van der Waals surface area contributed by atoms with Gasteiger partial charge in [0.2, 0.25) is 0 Å². The van der Waals surface area contributed by atoms with Crippen LogP contribution in [0.1, 0.15) is 24.2 Å². The number of nitro benzene ring substituents is 1. The minimum Gasteiger partial charge on any atom is -0.379 e. The van der Waals surface area contributed by atoms with Crippen LogP contribution in [0.25, 0.3) is 0 Å². The van der Waals surface area contributed by atoms with Gasteiger partial charge in [-0.15, -0.1) is 0 Å². The maximum absolute atomic E-state index is 11.7. The quantitative estimate of drug-likeness (QED) is 0.560. The van der Waals surface area contributed by atoms with Crippen LogP contribution >= 0.6 is 0 Å². The van der Waals surface area contributed by atoms with Gasteiger partial charge in [-0.1, -0.05) is 6.92 Å². The number of nitrogens with one attached hydrogen (secondary N) is 2. The standard InChI is InChI=1S/C13H19N3O4S/c1-3-14-13(17)10-5-6-11(12(9-10)16(18)19)15-7-8-21(20)4-2/h5-6,9,15H,3-4,7-8H2,1-2H3,(H,14,17). The van der Waals surface area contributed by atoms with Gasteiger partial charge in [-0.05, 0) is 19.1 Å². The molecule has 8 heteroatoms. The van der Waals surface area contributed by atoms with Crippen molar-refractivity contribution in [2.45, 2.75) is 13.8 Å². The fourth-order valence-electron chi connectivity index (χ4n) is 1.68. The SMILES string of the molecule is CCNC(=O)c1ccc(NCCS(=O)CC)c([N+](=O)[O-])c1. The molecule has 0 heterocycles. The average Bonchev–Trinajstić information content (AvgIpc) is 2.47. The maximum atomic E-state index is 11.7. The first-order valence-corrected chi connectivity index (χ1v) is 8.13. The zero-order valence-electron chi connectivity index (χ0n) is 12.0. The van der Waals surface area contributed by atoms with Crippen LogP contribution in [-0.4, -0.2) is 39.6 Å². The van der Waals surface area contributed by atoms with Crippen LogP contribution in [0.2, 0.25) is 0 Å². The minimum atomic E-state index is -0.929. The molecule has 0 fully saturated rings. The van der Waals surface area contributed by atoms with Gasteiger partial charge in [-0.25, -0.2) is 0 Å². The van der Waals surface area contributed by atoms with Crippen LogP contribution < -0.4 is 10.6 Å². The molecule has 1 atom stereocenters. The summed E-state index contributed by atoms with van der Waals surface area (Å²) in [7, 11) is -0.929. The van der Waals surface area contributed by atoms with Gasteiger partial charge < -0.3 is 10.6 Å². The van der Waals surface area contributed by atoms with Gasteiger partial charge in [0, 0.05) is 47.0 Å². The summed E-state index contributed by atoms with van der Waals surface area (Å²) < 4.78 is 11.3. The first-order valence-electron chi connectivity index (χ1n) is 6.65. The molecule has 0 radical (unpaired) electrons. The van der Waals surface area contributed by atoms with Crippen LogP contribution in [0.3, 0.4) is 0 Å².